The normalized spacial score (nSPS) is 16.4. The Labute approximate surface area is 129 Å². The van der Waals surface area contributed by atoms with Gasteiger partial charge in [0, 0.05) is 19.1 Å². The van der Waals surface area contributed by atoms with Gasteiger partial charge in [-0.1, -0.05) is 26.0 Å². The maximum absolute atomic E-state index is 13.0. The predicted molar refractivity (Wildman–Crippen MR) is 81.8 cm³/mol. The van der Waals surface area contributed by atoms with E-state index in [1.807, 2.05) is 13.8 Å². The second-order valence-electron chi connectivity index (χ2n) is 5.90. The maximum atomic E-state index is 13.0. The maximum Gasteiger partial charge on any atom is 0.318 e. The second kappa shape index (κ2) is 7.24. The molecule has 1 saturated heterocycles. The molecule has 120 valence electrons. The van der Waals surface area contributed by atoms with Gasteiger partial charge in [0.15, 0.2) is 0 Å². The quantitative estimate of drug-likeness (QED) is 0.886. The molecule has 0 saturated carbocycles. The van der Waals surface area contributed by atoms with Gasteiger partial charge in [-0.2, -0.15) is 0 Å². The van der Waals surface area contributed by atoms with Gasteiger partial charge in [0.2, 0.25) is 5.91 Å². The van der Waals surface area contributed by atoms with Crippen LogP contribution in [0.1, 0.15) is 19.4 Å². The molecule has 0 spiro atoms. The average molecular weight is 307 g/mol. The molecule has 22 heavy (non-hydrogen) atoms. The fourth-order valence-electron chi connectivity index (χ4n) is 2.39. The summed E-state index contributed by atoms with van der Waals surface area (Å²) >= 11 is 0. The summed E-state index contributed by atoms with van der Waals surface area (Å²) in [4.78, 5) is 25.1. The Balaban J connectivity index is 1.97. The van der Waals surface area contributed by atoms with Crippen molar-refractivity contribution in [2.45, 2.75) is 26.3 Å². The molecule has 2 rings (SSSR count). The Kier molecular flexibility index (Phi) is 5.35. The molecule has 1 atom stereocenters. The van der Waals surface area contributed by atoms with Crippen molar-refractivity contribution >= 4 is 11.9 Å². The summed E-state index contributed by atoms with van der Waals surface area (Å²) in [7, 11) is 0. The highest BCUT2D eigenvalue weighted by Gasteiger charge is 2.24. The number of halogens is 1. The van der Waals surface area contributed by atoms with Crippen LogP contribution in [0.3, 0.4) is 0 Å². The lowest BCUT2D eigenvalue weighted by Gasteiger charge is -2.30. The first kappa shape index (κ1) is 16.3. The van der Waals surface area contributed by atoms with Crippen LogP contribution in [0, 0.1) is 11.7 Å². The minimum absolute atomic E-state index is 0.0667. The topological polar surface area (TPSA) is 61.4 Å². The van der Waals surface area contributed by atoms with E-state index in [-0.39, 0.29) is 36.3 Å². The molecule has 0 aromatic heterocycles. The van der Waals surface area contributed by atoms with Crippen molar-refractivity contribution in [3.05, 3.63) is 35.6 Å². The number of carbonyl (C=O) groups excluding carboxylic acids is 2. The highest BCUT2D eigenvalue weighted by Crippen LogP contribution is 2.12. The summed E-state index contributed by atoms with van der Waals surface area (Å²) < 4.78 is 13.0. The molecule has 1 fully saturated rings. The first-order valence-electron chi connectivity index (χ1n) is 7.52. The van der Waals surface area contributed by atoms with Crippen LogP contribution in [0.2, 0.25) is 0 Å². The molecule has 1 aliphatic rings. The lowest BCUT2D eigenvalue weighted by Crippen LogP contribution is -2.55. The van der Waals surface area contributed by atoms with Crippen molar-refractivity contribution in [2.75, 3.05) is 19.6 Å². The molecular formula is C16H22FN3O2. The van der Waals surface area contributed by atoms with Gasteiger partial charge in [-0.3, -0.25) is 4.79 Å². The van der Waals surface area contributed by atoms with E-state index in [0.29, 0.717) is 19.5 Å². The van der Waals surface area contributed by atoms with Gasteiger partial charge in [-0.05, 0) is 30.0 Å². The van der Waals surface area contributed by atoms with Gasteiger partial charge < -0.3 is 15.5 Å². The minimum atomic E-state index is -0.270. The first-order chi connectivity index (χ1) is 10.5. The van der Waals surface area contributed by atoms with Crippen LogP contribution in [-0.4, -0.2) is 42.5 Å². The number of piperazine rings is 1. The van der Waals surface area contributed by atoms with Crippen molar-refractivity contribution in [2.24, 2.45) is 5.92 Å². The van der Waals surface area contributed by atoms with Crippen molar-refractivity contribution in [1.29, 1.82) is 0 Å². The number of rotatable bonds is 4. The summed E-state index contributed by atoms with van der Waals surface area (Å²) in [5, 5.41) is 5.68. The van der Waals surface area contributed by atoms with E-state index in [1.165, 1.54) is 17.0 Å². The predicted octanol–water partition coefficient (Wildman–Crippen LogP) is 1.53. The Hall–Kier alpha value is -2.11. The smallest absolute Gasteiger partial charge is 0.318 e. The summed E-state index contributed by atoms with van der Waals surface area (Å²) in [6.45, 7) is 5.14. The van der Waals surface area contributed by atoms with E-state index in [9.17, 15) is 14.0 Å². The number of nitrogens with one attached hydrogen (secondary N) is 2. The standard InChI is InChI=1S/C16H22FN3O2/c1-11(2)14(9-12-3-5-13(17)6-4-12)19-16(22)20-8-7-18-15(21)10-20/h3-6,11,14H,7-10H2,1-2H3,(H,18,21)(H,19,22). The molecule has 6 heteroatoms. The van der Waals surface area contributed by atoms with Crippen LogP contribution in [0.15, 0.2) is 24.3 Å². The Bertz CT molecular complexity index is 531. The SMILES string of the molecule is CC(C)C(Cc1ccc(F)cc1)NC(=O)N1CCNC(=O)C1. The molecule has 3 amide bonds. The lowest BCUT2D eigenvalue weighted by molar-refractivity contribution is -0.123. The van der Waals surface area contributed by atoms with E-state index in [2.05, 4.69) is 10.6 Å². The summed E-state index contributed by atoms with van der Waals surface area (Å²) in [6.07, 6.45) is 0.629. The molecule has 1 aliphatic heterocycles. The molecule has 1 aromatic carbocycles. The van der Waals surface area contributed by atoms with Crippen LogP contribution in [0.25, 0.3) is 0 Å². The molecule has 1 aromatic rings. The number of carbonyl (C=O) groups is 2. The molecule has 0 aliphatic carbocycles. The van der Waals surface area contributed by atoms with Gasteiger partial charge in [0.1, 0.15) is 12.4 Å². The zero-order valence-electron chi connectivity index (χ0n) is 12.9. The van der Waals surface area contributed by atoms with Gasteiger partial charge >= 0.3 is 6.03 Å². The van der Waals surface area contributed by atoms with Gasteiger partial charge in [0.25, 0.3) is 0 Å². The zero-order valence-corrected chi connectivity index (χ0v) is 12.9. The third kappa shape index (κ3) is 4.44. The van der Waals surface area contributed by atoms with E-state index >= 15 is 0 Å². The number of amides is 3. The first-order valence-corrected chi connectivity index (χ1v) is 7.52. The molecule has 5 nitrogen and oxygen atoms in total. The van der Waals surface area contributed by atoms with Gasteiger partial charge in [0.05, 0.1) is 0 Å². The lowest BCUT2D eigenvalue weighted by atomic mass is 9.96. The highest BCUT2D eigenvalue weighted by molar-refractivity contribution is 5.85. The molecule has 1 heterocycles. The van der Waals surface area contributed by atoms with Crippen LogP contribution in [0.4, 0.5) is 9.18 Å². The fraction of sp³-hybridized carbons (Fsp3) is 0.500. The largest absolute Gasteiger partial charge is 0.353 e. The Morgan fingerprint density at radius 2 is 2.05 bits per heavy atom. The number of nitrogens with zero attached hydrogens (tertiary/aromatic N) is 1. The number of benzene rings is 1. The van der Waals surface area contributed by atoms with E-state index < -0.39 is 0 Å². The van der Waals surface area contributed by atoms with Crippen molar-refractivity contribution in [1.82, 2.24) is 15.5 Å². The van der Waals surface area contributed by atoms with Gasteiger partial charge in [-0.15, -0.1) is 0 Å². The molecule has 1 unspecified atom stereocenters. The highest BCUT2D eigenvalue weighted by atomic mass is 19.1. The monoisotopic (exact) mass is 307 g/mol. The van der Waals surface area contributed by atoms with Crippen LogP contribution >= 0.6 is 0 Å². The van der Waals surface area contributed by atoms with E-state index in [4.69, 9.17) is 0 Å². The third-order valence-corrected chi connectivity index (χ3v) is 3.81. The summed E-state index contributed by atoms with van der Waals surface area (Å²) in [5.74, 6) is -0.179. The summed E-state index contributed by atoms with van der Waals surface area (Å²) in [5.41, 5.74) is 0.969. The van der Waals surface area contributed by atoms with E-state index in [1.54, 1.807) is 12.1 Å². The van der Waals surface area contributed by atoms with Crippen molar-refractivity contribution < 1.29 is 14.0 Å². The zero-order chi connectivity index (χ0) is 16.1. The third-order valence-electron chi connectivity index (χ3n) is 3.81. The average Bonchev–Trinajstić information content (AvgIpc) is 2.48. The fourth-order valence-corrected chi connectivity index (χ4v) is 2.39. The Morgan fingerprint density at radius 3 is 2.64 bits per heavy atom. The van der Waals surface area contributed by atoms with Crippen LogP contribution in [0.5, 0.6) is 0 Å². The van der Waals surface area contributed by atoms with Gasteiger partial charge in [-0.25, -0.2) is 9.18 Å². The van der Waals surface area contributed by atoms with Crippen molar-refractivity contribution in [3.63, 3.8) is 0 Å². The second-order valence-corrected chi connectivity index (χ2v) is 5.90. The molecule has 0 radical (unpaired) electrons. The Morgan fingerprint density at radius 1 is 1.36 bits per heavy atom. The van der Waals surface area contributed by atoms with Crippen molar-refractivity contribution in [3.8, 4) is 0 Å². The molecule has 0 bridgehead atoms. The van der Waals surface area contributed by atoms with Crippen LogP contribution < -0.4 is 10.6 Å². The number of hydrogen-bond donors (Lipinski definition) is 2. The number of hydrogen-bond acceptors (Lipinski definition) is 2. The minimum Gasteiger partial charge on any atom is -0.353 e. The summed E-state index contributed by atoms with van der Waals surface area (Å²) in [6, 6.07) is 6.00. The number of urea groups is 1. The van der Waals surface area contributed by atoms with E-state index in [0.717, 1.165) is 5.56 Å². The van der Waals surface area contributed by atoms with Crippen LogP contribution in [-0.2, 0) is 11.2 Å². The molecular weight excluding hydrogens is 285 g/mol. The molecule has 2 N–H and O–H groups in total.